The molecule has 3 heterocycles. The predicted octanol–water partition coefficient (Wildman–Crippen LogP) is 1.61. The molecule has 1 aromatic carbocycles. The Bertz CT molecular complexity index is 930. The molecular formula is C16H18ClN3O5S. The minimum Gasteiger partial charge on any atom is -0.486 e. The van der Waals surface area contributed by atoms with Crippen LogP contribution in [-0.2, 0) is 21.8 Å². The minimum atomic E-state index is -3.80. The third kappa shape index (κ3) is 3.16. The Morgan fingerprint density at radius 1 is 1.19 bits per heavy atom. The van der Waals surface area contributed by atoms with Gasteiger partial charge in [0.2, 0.25) is 10.0 Å². The van der Waals surface area contributed by atoms with E-state index < -0.39 is 10.0 Å². The highest BCUT2D eigenvalue weighted by atomic mass is 35.5. The number of benzene rings is 1. The molecular weight excluding hydrogens is 382 g/mol. The number of ether oxygens (including phenoxy) is 3. The monoisotopic (exact) mass is 399 g/mol. The lowest BCUT2D eigenvalue weighted by Crippen LogP contribution is -2.42. The molecule has 2 aliphatic rings. The van der Waals surface area contributed by atoms with Crippen molar-refractivity contribution in [2.24, 2.45) is 7.05 Å². The third-order valence-electron chi connectivity index (χ3n) is 4.34. The summed E-state index contributed by atoms with van der Waals surface area (Å²) in [5.74, 6) is 0.840. The van der Waals surface area contributed by atoms with Crippen LogP contribution < -0.4 is 9.47 Å². The Labute approximate surface area is 156 Å². The molecule has 1 saturated heterocycles. The molecule has 0 saturated carbocycles. The van der Waals surface area contributed by atoms with Crippen LogP contribution in [0.5, 0.6) is 11.5 Å². The number of hydrogen-bond donors (Lipinski definition) is 0. The molecule has 0 amide bonds. The van der Waals surface area contributed by atoms with Gasteiger partial charge in [-0.2, -0.15) is 9.40 Å². The van der Waals surface area contributed by atoms with Crippen LogP contribution in [0.4, 0.5) is 0 Å². The summed E-state index contributed by atoms with van der Waals surface area (Å²) in [6.07, 6.45) is 3.12. The van der Waals surface area contributed by atoms with Gasteiger partial charge in [0.05, 0.1) is 23.9 Å². The zero-order valence-electron chi connectivity index (χ0n) is 14.1. The molecule has 8 nitrogen and oxygen atoms in total. The number of fused-ring (bicyclic) bond motifs is 1. The van der Waals surface area contributed by atoms with Crippen molar-refractivity contribution in [3.05, 3.63) is 35.1 Å². The summed E-state index contributed by atoms with van der Waals surface area (Å²) in [7, 11) is -2.00. The quantitative estimate of drug-likeness (QED) is 0.779. The number of hydrogen-bond acceptors (Lipinski definition) is 6. The van der Waals surface area contributed by atoms with Crippen LogP contribution in [0.3, 0.4) is 0 Å². The van der Waals surface area contributed by atoms with E-state index in [1.165, 1.54) is 16.4 Å². The van der Waals surface area contributed by atoms with E-state index in [0.717, 1.165) is 5.56 Å². The van der Waals surface area contributed by atoms with Crippen LogP contribution in [0.2, 0.25) is 5.02 Å². The van der Waals surface area contributed by atoms with Crippen molar-refractivity contribution < 1.29 is 22.6 Å². The molecule has 1 aromatic heterocycles. The van der Waals surface area contributed by atoms with Gasteiger partial charge in [0.15, 0.2) is 11.5 Å². The van der Waals surface area contributed by atoms with Crippen LogP contribution >= 0.6 is 11.6 Å². The van der Waals surface area contributed by atoms with E-state index in [1.807, 2.05) is 6.20 Å². The van der Waals surface area contributed by atoms with Crippen LogP contribution in [0, 0.1) is 0 Å². The van der Waals surface area contributed by atoms with E-state index in [0.29, 0.717) is 31.3 Å². The lowest BCUT2D eigenvalue weighted by atomic mass is 10.2. The van der Waals surface area contributed by atoms with Crippen molar-refractivity contribution in [1.29, 1.82) is 0 Å². The fraction of sp³-hybridized carbons (Fsp3) is 0.438. The summed E-state index contributed by atoms with van der Waals surface area (Å²) in [5.41, 5.74) is 0.834. The van der Waals surface area contributed by atoms with Crippen molar-refractivity contribution in [2.45, 2.75) is 11.0 Å². The van der Waals surface area contributed by atoms with Crippen LogP contribution in [0.1, 0.15) is 11.7 Å². The first-order valence-corrected chi connectivity index (χ1v) is 9.96. The van der Waals surface area contributed by atoms with Gasteiger partial charge in [0.1, 0.15) is 18.1 Å². The van der Waals surface area contributed by atoms with Gasteiger partial charge < -0.3 is 14.2 Å². The molecule has 1 fully saturated rings. The molecule has 0 aliphatic carbocycles. The summed E-state index contributed by atoms with van der Waals surface area (Å²) >= 11 is 6.24. The average molecular weight is 400 g/mol. The van der Waals surface area contributed by atoms with Crippen molar-refractivity contribution in [1.82, 2.24) is 14.1 Å². The second-order valence-corrected chi connectivity index (χ2v) is 8.41. The Balaban J connectivity index is 1.64. The van der Waals surface area contributed by atoms with E-state index in [-0.39, 0.29) is 29.1 Å². The van der Waals surface area contributed by atoms with E-state index >= 15 is 0 Å². The molecule has 0 bridgehead atoms. The second kappa shape index (κ2) is 6.73. The van der Waals surface area contributed by atoms with Gasteiger partial charge >= 0.3 is 0 Å². The number of nitrogens with zero attached hydrogens (tertiary/aromatic N) is 3. The number of sulfonamides is 1. The maximum Gasteiger partial charge on any atom is 0.244 e. The number of morpholine rings is 1. The summed E-state index contributed by atoms with van der Waals surface area (Å²) in [4.78, 5) is 0.00949. The molecule has 10 heteroatoms. The first-order valence-electron chi connectivity index (χ1n) is 8.14. The summed E-state index contributed by atoms with van der Waals surface area (Å²) in [6.45, 7) is 1.52. The highest BCUT2D eigenvalue weighted by molar-refractivity contribution is 7.89. The van der Waals surface area contributed by atoms with E-state index in [1.54, 1.807) is 17.9 Å². The largest absolute Gasteiger partial charge is 0.486 e. The molecule has 0 N–H and O–H groups in total. The summed E-state index contributed by atoms with van der Waals surface area (Å²) in [6, 6.07) is 2.92. The predicted molar refractivity (Wildman–Crippen MR) is 93.1 cm³/mol. The van der Waals surface area contributed by atoms with Crippen molar-refractivity contribution in [2.75, 3.05) is 32.9 Å². The summed E-state index contributed by atoms with van der Waals surface area (Å²) in [5, 5.41) is 4.23. The topological polar surface area (TPSA) is 82.9 Å². The Hall–Kier alpha value is -1.81. The van der Waals surface area contributed by atoms with Crippen molar-refractivity contribution >= 4 is 21.6 Å². The number of aromatic nitrogens is 2. The standard InChI is InChI=1S/C16H18ClN3O5S/c1-19-9-11(8-18-19)15-10-20(2-3-23-15)26(21,22)16-7-14-13(6-12(16)17)24-4-5-25-14/h6-9,15H,2-5,10H2,1H3. The average Bonchev–Trinajstić information content (AvgIpc) is 3.07. The van der Waals surface area contributed by atoms with Crippen LogP contribution in [0.15, 0.2) is 29.4 Å². The van der Waals surface area contributed by atoms with Crippen molar-refractivity contribution in [3.8, 4) is 11.5 Å². The fourth-order valence-electron chi connectivity index (χ4n) is 3.03. The Kier molecular flexibility index (Phi) is 4.55. The Morgan fingerprint density at radius 2 is 1.92 bits per heavy atom. The highest BCUT2D eigenvalue weighted by Gasteiger charge is 2.34. The van der Waals surface area contributed by atoms with E-state index in [9.17, 15) is 8.42 Å². The van der Waals surface area contributed by atoms with Crippen molar-refractivity contribution in [3.63, 3.8) is 0 Å². The zero-order valence-corrected chi connectivity index (χ0v) is 15.7. The van der Waals surface area contributed by atoms with Gasteiger partial charge in [-0.15, -0.1) is 0 Å². The molecule has 1 unspecified atom stereocenters. The van der Waals surface area contributed by atoms with Gasteiger partial charge in [-0.05, 0) is 0 Å². The van der Waals surface area contributed by atoms with Gasteiger partial charge in [-0.25, -0.2) is 8.42 Å². The van der Waals surface area contributed by atoms with E-state index in [2.05, 4.69) is 5.10 Å². The molecule has 140 valence electrons. The molecule has 26 heavy (non-hydrogen) atoms. The van der Waals surface area contributed by atoms with E-state index in [4.69, 9.17) is 25.8 Å². The molecule has 2 aromatic rings. The first kappa shape index (κ1) is 17.6. The molecule has 1 atom stereocenters. The fourth-order valence-corrected chi connectivity index (χ4v) is 4.97. The van der Waals surface area contributed by atoms with Gasteiger partial charge in [0.25, 0.3) is 0 Å². The van der Waals surface area contributed by atoms with Gasteiger partial charge in [0, 0.05) is 44.0 Å². The Morgan fingerprint density at radius 3 is 2.62 bits per heavy atom. The number of halogens is 1. The molecule has 2 aliphatic heterocycles. The van der Waals surface area contributed by atoms with Gasteiger partial charge in [-0.1, -0.05) is 11.6 Å². The van der Waals surface area contributed by atoms with Crippen LogP contribution in [-0.4, -0.2) is 55.4 Å². The maximum absolute atomic E-state index is 13.1. The second-order valence-electron chi connectivity index (χ2n) is 6.10. The molecule has 0 spiro atoms. The maximum atomic E-state index is 13.1. The van der Waals surface area contributed by atoms with Crippen LogP contribution in [0.25, 0.3) is 0 Å². The highest BCUT2D eigenvalue weighted by Crippen LogP contribution is 2.39. The lowest BCUT2D eigenvalue weighted by molar-refractivity contribution is -0.00259. The molecule has 0 radical (unpaired) electrons. The third-order valence-corrected chi connectivity index (χ3v) is 6.67. The molecule has 4 rings (SSSR count). The SMILES string of the molecule is Cn1cc(C2CN(S(=O)(=O)c3cc4c(cc3Cl)OCCO4)CCO2)cn1. The lowest BCUT2D eigenvalue weighted by Gasteiger charge is -2.32. The zero-order chi connectivity index (χ0) is 18.3. The summed E-state index contributed by atoms with van der Waals surface area (Å²) < 4.78 is 46.0. The first-order chi connectivity index (χ1) is 12.4. The normalized spacial score (nSPS) is 20.9. The number of aryl methyl sites for hydroxylation is 1. The number of rotatable bonds is 3. The smallest absolute Gasteiger partial charge is 0.244 e. The van der Waals surface area contributed by atoms with Gasteiger partial charge in [-0.3, -0.25) is 4.68 Å². The minimum absolute atomic E-state index is 0.00949.